The summed E-state index contributed by atoms with van der Waals surface area (Å²) in [6.07, 6.45) is 8.64. The molecule has 2 aliphatic heterocycles. The lowest BCUT2D eigenvalue weighted by Gasteiger charge is -2.46. The second-order valence-corrected chi connectivity index (χ2v) is 8.27. The van der Waals surface area contributed by atoms with Crippen molar-refractivity contribution in [3.8, 4) is 0 Å². The number of likely N-dealkylation sites (tertiary alicyclic amines) is 2. The summed E-state index contributed by atoms with van der Waals surface area (Å²) in [5.74, 6) is 2.88. The Balaban J connectivity index is 1.34. The fourth-order valence-electron chi connectivity index (χ4n) is 4.72. The van der Waals surface area contributed by atoms with Crippen molar-refractivity contribution < 1.29 is 0 Å². The molecular formula is C18H35N3. The Hall–Kier alpha value is -0.120. The first-order valence-corrected chi connectivity index (χ1v) is 9.33. The maximum absolute atomic E-state index is 5.91. The maximum atomic E-state index is 5.91. The standard InChI is InChI=1S/C18H35N3/c1-14(2)16-5-3-15(4-6-16)11-20-9-7-18(8-10-20)21-12-17(19)13-21/h14-18H,3-13,19H2,1-2H3. The van der Waals surface area contributed by atoms with Crippen LogP contribution in [0.1, 0.15) is 52.4 Å². The van der Waals surface area contributed by atoms with Crippen LogP contribution in [-0.2, 0) is 0 Å². The minimum absolute atomic E-state index is 0.458. The van der Waals surface area contributed by atoms with E-state index >= 15 is 0 Å². The molecule has 2 heterocycles. The van der Waals surface area contributed by atoms with E-state index in [-0.39, 0.29) is 0 Å². The van der Waals surface area contributed by atoms with Gasteiger partial charge in [0.25, 0.3) is 0 Å². The molecule has 0 radical (unpaired) electrons. The first kappa shape index (κ1) is 15.8. The fourth-order valence-corrected chi connectivity index (χ4v) is 4.72. The summed E-state index contributed by atoms with van der Waals surface area (Å²) in [7, 11) is 0. The maximum Gasteiger partial charge on any atom is 0.0297 e. The molecule has 0 amide bonds. The average molecular weight is 293 g/mol. The highest BCUT2D eigenvalue weighted by Crippen LogP contribution is 2.34. The van der Waals surface area contributed by atoms with E-state index in [2.05, 4.69) is 23.6 Å². The van der Waals surface area contributed by atoms with Crippen LogP contribution in [-0.4, -0.2) is 54.6 Å². The Morgan fingerprint density at radius 1 is 0.952 bits per heavy atom. The summed E-state index contributed by atoms with van der Waals surface area (Å²) in [6, 6.07) is 1.29. The lowest BCUT2D eigenvalue weighted by molar-refractivity contribution is 0.0416. The van der Waals surface area contributed by atoms with Crippen LogP contribution in [0.3, 0.4) is 0 Å². The molecule has 1 aliphatic carbocycles. The van der Waals surface area contributed by atoms with Gasteiger partial charge in [-0.05, 0) is 69.4 Å². The third kappa shape index (κ3) is 4.00. The fraction of sp³-hybridized carbons (Fsp3) is 1.00. The molecule has 1 saturated carbocycles. The molecule has 0 aromatic rings. The molecule has 0 bridgehead atoms. The van der Waals surface area contributed by atoms with Crippen LogP contribution >= 0.6 is 0 Å². The van der Waals surface area contributed by atoms with Gasteiger partial charge in [0, 0.05) is 31.7 Å². The van der Waals surface area contributed by atoms with Gasteiger partial charge >= 0.3 is 0 Å². The Labute approximate surface area is 131 Å². The first-order valence-electron chi connectivity index (χ1n) is 9.33. The van der Waals surface area contributed by atoms with Gasteiger partial charge in [-0.15, -0.1) is 0 Å². The smallest absolute Gasteiger partial charge is 0.0297 e. The van der Waals surface area contributed by atoms with Crippen molar-refractivity contribution >= 4 is 0 Å². The summed E-state index contributed by atoms with van der Waals surface area (Å²) in [6.45, 7) is 11.1. The molecule has 21 heavy (non-hydrogen) atoms. The van der Waals surface area contributed by atoms with Gasteiger partial charge in [-0.2, -0.15) is 0 Å². The molecule has 0 aromatic heterocycles. The van der Waals surface area contributed by atoms with Gasteiger partial charge in [-0.1, -0.05) is 13.8 Å². The molecule has 3 fully saturated rings. The third-order valence-corrected chi connectivity index (χ3v) is 6.36. The van der Waals surface area contributed by atoms with Gasteiger partial charge < -0.3 is 10.6 Å². The van der Waals surface area contributed by atoms with Crippen molar-refractivity contribution in [1.29, 1.82) is 0 Å². The van der Waals surface area contributed by atoms with E-state index in [0.717, 1.165) is 36.9 Å². The van der Waals surface area contributed by atoms with E-state index in [1.165, 1.54) is 58.2 Å². The molecule has 0 atom stereocenters. The molecule has 122 valence electrons. The minimum Gasteiger partial charge on any atom is -0.325 e. The van der Waals surface area contributed by atoms with Gasteiger partial charge in [-0.25, -0.2) is 0 Å². The van der Waals surface area contributed by atoms with Crippen molar-refractivity contribution in [1.82, 2.24) is 9.80 Å². The van der Waals surface area contributed by atoms with Gasteiger partial charge in [-0.3, -0.25) is 4.90 Å². The quantitative estimate of drug-likeness (QED) is 0.864. The zero-order valence-electron chi connectivity index (χ0n) is 14.1. The van der Waals surface area contributed by atoms with Crippen molar-refractivity contribution in [3.05, 3.63) is 0 Å². The Bertz CT molecular complexity index is 308. The summed E-state index contributed by atoms with van der Waals surface area (Å²) in [5, 5.41) is 0. The van der Waals surface area contributed by atoms with E-state index < -0.39 is 0 Å². The van der Waals surface area contributed by atoms with Crippen LogP contribution in [0.25, 0.3) is 0 Å². The van der Waals surface area contributed by atoms with Crippen LogP contribution < -0.4 is 5.73 Å². The van der Waals surface area contributed by atoms with Crippen LogP contribution in [0, 0.1) is 17.8 Å². The van der Waals surface area contributed by atoms with Crippen molar-refractivity contribution in [2.75, 3.05) is 32.7 Å². The molecule has 3 nitrogen and oxygen atoms in total. The minimum atomic E-state index is 0.458. The summed E-state index contributed by atoms with van der Waals surface area (Å²) in [4.78, 5) is 5.35. The summed E-state index contributed by atoms with van der Waals surface area (Å²) in [5.41, 5.74) is 5.91. The Morgan fingerprint density at radius 3 is 2.10 bits per heavy atom. The topological polar surface area (TPSA) is 32.5 Å². The predicted molar refractivity (Wildman–Crippen MR) is 89.3 cm³/mol. The van der Waals surface area contributed by atoms with E-state index in [1.54, 1.807) is 0 Å². The van der Waals surface area contributed by atoms with E-state index in [4.69, 9.17) is 5.73 Å². The summed E-state index contributed by atoms with van der Waals surface area (Å²) >= 11 is 0. The highest BCUT2D eigenvalue weighted by molar-refractivity contribution is 4.90. The van der Waals surface area contributed by atoms with Crippen LogP contribution in [0.2, 0.25) is 0 Å². The molecule has 2 saturated heterocycles. The van der Waals surface area contributed by atoms with E-state index in [9.17, 15) is 0 Å². The third-order valence-electron chi connectivity index (χ3n) is 6.36. The normalized spacial score (nSPS) is 34.3. The zero-order valence-corrected chi connectivity index (χ0v) is 14.1. The largest absolute Gasteiger partial charge is 0.325 e. The molecular weight excluding hydrogens is 258 g/mol. The van der Waals surface area contributed by atoms with Crippen molar-refractivity contribution in [2.45, 2.75) is 64.5 Å². The van der Waals surface area contributed by atoms with Crippen molar-refractivity contribution in [3.63, 3.8) is 0 Å². The predicted octanol–water partition coefficient (Wildman–Crippen LogP) is 2.56. The molecule has 3 rings (SSSR count). The molecule has 0 aromatic carbocycles. The summed E-state index contributed by atoms with van der Waals surface area (Å²) < 4.78 is 0. The average Bonchev–Trinajstić information content (AvgIpc) is 2.46. The monoisotopic (exact) mass is 293 g/mol. The van der Waals surface area contributed by atoms with Gasteiger partial charge in [0.05, 0.1) is 0 Å². The van der Waals surface area contributed by atoms with Gasteiger partial charge in [0.15, 0.2) is 0 Å². The highest BCUT2D eigenvalue weighted by atomic mass is 15.3. The van der Waals surface area contributed by atoms with E-state index in [0.29, 0.717) is 6.04 Å². The molecule has 3 aliphatic rings. The number of hydrogen-bond donors (Lipinski definition) is 1. The van der Waals surface area contributed by atoms with Crippen LogP contribution in [0.15, 0.2) is 0 Å². The molecule has 0 spiro atoms. The molecule has 0 unspecified atom stereocenters. The Morgan fingerprint density at radius 2 is 1.57 bits per heavy atom. The second-order valence-electron chi connectivity index (χ2n) is 8.27. The van der Waals surface area contributed by atoms with Crippen LogP contribution in [0.4, 0.5) is 0 Å². The Kier molecular flexibility index (Phi) is 5.23. The lowest BCUT2D eigenvalue weighted by atomic mass is 9.77. The number of nitrogens with two attached hydrogens (primary N) is 1. The van der Waals surface area contributed by atoms with Crippen LogP contribution in [0.5, 0.6) is 0 Å². The molecule has 3 heteroatoms. The first-order chi connectivity index (χ1) is 10.1. The zero-order chi connectivity index (χ0) is 14.8. The van der Waals surface area contributed by atoms with Gasteiger partial charge in [0.1, 0.15) is 0 Å². The number of nitrogens with zero attached hydrogens (tertiary/aromatic N) is 2. The molecule has 2 N–H and O–H groups in total. The number of hydrogen-bond acceptors (Lipinski definition) is 3. The van der Waals surface area contributed by atoms with Gasteiger partial charge in [0.2, 0.25) is 0 Å². The van der Waals surface area contributed by atoms with E-state index in [1.807, 2.05) is 0 Å². The SMILES string of the molecule is CC(C)C1CCC(CN2CCC(N3CC(N)C3)CC2)CC1. The lowest BCUT2D eigenvalue weighted by Crippen LogP contribution is -2.61. The highest BCUT2D eigenvalue weighted by Gasteiger charge is 2.33. The number of rotatable bonds is 4. The number of piperidine rings is 1. The second kappa shape index (κ2) is 6.97. The van der Waals surface area contributed by atoms with Crippen molar-refractivity contribution in [2.24, 2.45) is 23.5 Å².